The van der Waals surface area contributed by atoms with Crippen molar-refractivity contribution in [1.29, 1.82) is 5.26 Å². The number of rotatable bonds is 7. The van der Waals surface area contributed by atoms with Crippen molar-refractivity contribution in [3.8, 4) is 6.07 Å². The molecule has 1 amide bonds. The van der Waals surface area contributed by atoms with Crippen LogP contribution in [0.25, 0.3) is 22.0 Å². The van der Waals surface area contributed by atoms with Crippen LogP contribution >= 0.6 is 11.8 Å². The zero-order valence-corrected chi connectivity index (χ0v) is 18.4. The minimum atomic E-state index is -0.394. The van der Waals surface area contributed by atoms with Crippen LogP contribution in [0.5, 0.6) is 0 Å². The highest BCUT2D eigenvalue weighted by molar-refractivity contribution is 7.99. The van der Waals surface area contributed by atoms with Crippen molar-refractivity contribution in [2.75, 3.05) is 17.7 Å². The quantitative estimate of drug-likeness (QED) is 0.325. The number of benzene rings is 2. The van der Waals surface area contributed by atoms with E-state index in [4.69, 9.17) is 9.15 Å². The van der Waals surface area contributed by atoms with Crippen LogP contribution in [0.4, 0.5) is 5.69 Å². The number of aryl methyl sites for hydroxylation is 1. The number of nitrogens with one attached hydrogen (secondary N) is 1. The summed E-state index contributed by atoms with van der Waals surface area (Å²) in [5, 5.41) is 13.5. The molecule has 0 bridgehead atoms. The molecule has 0 aliphatic rings. The second kappa shape index (κ2) is 9.16. The minimum Gasteiger partial charge on any atom is -0.462 e. The number of thioether (sulfide) groups is 1. The normalized spacial score (nSPS) is 10.9. The topological polar surface area (TPSA) is 110 Å². The molecule has 1 N–H and O–H groups in total. The summed E-state index contributed by atoms with van der Waals surface area (Å²) >= 11 is 1.28. The van der Waals surface area contributed by atoms with Gasteiger partial charge in [0.2, 0.25) is 11.7 Å². The monoisotopic (exact) mass is 448 g/mol. The third kappa shape index (κ3) is 4.05. The SMILES string of the molecule is CCOC(=O)c1ccc2c(c1)nc(SCC(=O)Nc1c(C#N)oc3ccccc13)n2CC. The van der Waals surface area contributed by atoms with Crippen LogP contribution in [0.15, 0.2) is 52.0 Å². The average molecular weight is 449 g/mol. The average Bonchev–Trinajstić information content (AvgIpc) is 3.34. The first kappa shape index (κ1) is 21.5. The number of anilines is 1. The van der Waals surface area contributed by atoms with E-state index in [1.807, 2.05) is 29.7 Å². The third-order valence-corrected chi connectivity index (χ3v) is 5.81. The van der Waals surface area contributed by atoms with E-state index in [-0.39, 0.29) is 17.4 Å². The summed E-state index contributed by atoms with van der Waals surface area (Å²) < 4.78 is 12.5. The fourth-order valence-electron chi connectivity index (χ4n) is 3.42. The molecule has 0 aliphatic carbocycles. The number of fused-ring (bicyclic) bond motifs is 2. The molecule has 4 rings (SSSR count). The number of hydrogen-bond acceptors (Lipinski definition) is 7. The number of furan rings is 1. The smallest absolute Gasteiger partial charge is 0.338 e. The van der Waals surface area contributed by atoms with Crippen molar-refractivity contribution in [3.05, 3.63) is 53.8 Å². The lowest BCUT2D eigenvalue weighted by molar-refractivity contribution is -0.113. The number of esters is 1. The number of nitrogens with zero attached hydrogens (tertiary/aromatic N) is 3. The zero-order chi connectivity index (χ0) is 22.7. The number of nitriles is 1. The van der Waals surface area contributed by atoms with Gasteiger partial charge in [-0.25, -0.2) is 9.78 Å². The fraction of sp³-hybridized carbons (Fsp3) is 0.217. The van der Waals surface area contributed by atoms with Gasteiger partial charge < -0.3 is 19.0 Å². The van der Waals surface area contributed by atoms with E-state index in [9.17, 15) is 14.9 Å². The van der Waals surface area contributed by atoms with Crippen molar-refractivity contribution in [2.45, 2.75) is 25.5 Å². The number of amides is 1. The number of para-hydroxylation sites is 1. The summed E-state index contributed by atoms with van der Waals surface area (Å²) in [5.74, 6) is -0.509. The minimum absolute atomic E-state index is 0.0665. The van der Waals surface area contributed by atoms with E-state index in [1.54, 1.807) is 37.3 Å². The van der Waals surface area contributed by atoms with Gasteiger partial charge in [0.1, 0.15) is 17.3 Å². The molecule has 0 fully saturated rings. The lowest BCUT2D eigenvalue weighted by atomic mass is 10.2. The highest BCUT2D eigenvalue weighted by atomic mass is 32.2. The molecule has 32 heavy (non-hydrogen) atoms. The second-order valence-electron chi connectivity index (χ2n) is 6.81. The van der Waals surface area contributed by atoms with E-state index in [0.29, 0.717) is 46.0 Å². The Morgan fingerprint density at radius 3 is 2.81 bits per heavy atom. The summed E-state index contributed by atoms with van der Waals surface area (Å²) in [6.45, 7) is 4.70. The largest absolute Gasteiger partial charge is 0.462 e. The molecule has 0 spiro atoms. The van der Waals surface area contributed by atoms with Crippen LogP contribution in [0, 0.1) is 11.3 Å². The van der Waals surface area contributed by atoms with Crippen LogP contribution in [0.2, 0.25) is 0 Å². The van der Waals surface area contributed by atoms with E-state index < -0.39 is 5.97 Å². The Morgan fingerprint density at radius 1 is 1.25 bits per heavy atom. The molecule has 0 saturated heterocycles. The molecule has 0 saturated carbocycles. The maximum atomic E-state index is 12.6. The van der Waals surface area contributed by atoms with Gasteiger partial charge >= 0.3 is 5.97 Å². The maximum Gasteiger partial charge on any atom is 0.338 e. The Labute approximate surface area is 188 Å². The van der Waals surface area contributed by atoms with Crippen molar-refractivity contribution in [1.82, 2.24) is 9.55 Å². The highest BCUT2D eigenvalue weighted by Crippen LogP contribution is 2.31. The molecule has 8 nitrogen and oxygen atoms in total. The molecule has 0 unspecified atom stereocenters. The maximum absolute atomic E-state index is 12.6. The molecule has 162 valence electrons. The zero-order valence-electron chi connectivity index (χ0n) is 17.5. The summed E-state index contributed by atoms with van der Waals surface area (Å²) in [6, 6.07) is 14.4. The van der Waals surface area contributed by atoms with Crippen molar-refractivity contribution < 1.29 is 18.7 Å². The van der Waals surface area contributed by atoms with Crippen molar-refractivity contribution in [3.63, 3.8) is 0 Å². The molecule has 0 aliphatic heterocycles. The number of carbonyl (C=O) groups excluding carboxylic acids is 2. The second-order valence-corrected chi connectivity index (χ2v) is 7.76. The van der Waals surface area contributed by atoms with Crippen LogP contribution < -0.4 is 5.32 Å². The van der Waals surface area contributed by atoms with Gasteiger partial charge in [-0.3, -0.25) is 4.79 Å². The van der Waals surface area contributed by atoms with Gasteiger partial charge in [0.15, 0.2) is 5.16 Å². The van der Waals surface area contributed by atoms with Gasteiger partial charge in [-0.05, 0) is 44.2 Å². The number of aromatic nitrogens is 2. The molecule has 0 atom stereocenters. The Morgan fingerprint density at radius 2 is 2.06 bits per heavy atom. The molecule has 0 radical (unpaired) electrons. The van der Waals surface area contributed by atoms with Crippen LogP contribution in [0.1, 0.15) is 30.0 Å². The Kier molecular flexibility index (Phi) is 6.14. The number of hydrogen-bond donors (Lipinski definition) is 1. The Bertz CT molecular complexity index is 1370. The van der Waals surface area contributed by atoms with Crippen LogP contribution in [-0.4, -0.2) is 33.8 Å². The van der Waals surface area contributed by atoms with Crippen molar-refractivity contribution in [2.24, 2.45) is 0 Å². The molecule has 4 aromatic rings. The van der Waals surface area contributed by atoms with Crippen LogP contribution in [-0.2, 0) is 16.1 Å². The number of imidazole rings is 1. The van der Waals surface area contributed by atoms with Crippen LogP contribution in [0.3, 0.4) is 0 Å². The standard InChI is InChI=1S/C23H20N4O4S/c1-3-27-17-10-9-14(22(29)30-4-2)11-16(17)25-23(27)32-13-20(28)26-21-15-7-5-6-8-18(15)31-19(21)12-24/h5-11H,3-4,13H2,1-2H3,(H,26,28). The van der Waals surface area contributed by atoms with Gasteiger partial charge in [0.05, 0.1) is 29.0 Å². The number of carbonyl (C=O) groups is 2. The summed E-state index contributed by atoms with van der Waals surface area (Å²) in [6.07, 6.45) is 0. The fourth-order valence-corrected chi connectivity index (χ4v) is 4.30. The van der Waals surface area contributed by atoms with E-state index in [2.05, 4.69) is 10.3 Å². The van der Waals surface area contributed by atoms with E-state index >= 15 is 0 Å². The van der Waals surface area contributed by atoms with Gasteiger partial charge in [-0.15, -0.1) is 0 Å². The highest BCUT2D eigenvalue weighted by Gasteiger charge is 2.18. The third-order valence-electron chi connectivity index (χ3n) is 4.83. The van der Waals surface area contributed by atoms with E-state index in [0.717, 1.165) is 5.52 Å². The molecular formula is C23H20N4O4S. The Hall–Kier alpha value is -3.77. The molecule has 2 aromatic heterocycles. The Balaban J connectivity index is 1.53. The first-order valence-electron chi connectivity index (χ1n) is 10.1. The van der Waals surface area contributed by atoms with Gasteiger partial charge in [-0.1, -0.05) is 23.9 Å². The van der Waals surface area contributed by atoms with Gasteiger partial charge in [0, 0.05) is 11.9 Å². The molecule has 2 aromatic carbocycles. The molecule has 2 heterocycles. The van der Waals surface area contributed by atoms with E-state index in [1.165, 1.54) is 11.8 Å². The molecule has 9 heteroatoms. The predicted octanol–water partition coefficient (Wildman–Crippen LogP) is 4.58. The molecular weight excluding hydrogens is 428 g/mol. The number of ether oxygens (including phenoxy) is 1. The summed E-state index contributed by atoms with van der Waals surface area (Å²) in [4.78, 5) is 29.3. The first-order chi connectivity index (χ1) is 15.5. The predicted molar refractivity (Wildman–Crippen MR) is 122 cm³/mol. The van der Waals surface area contributed by atoms with Gasteiger partial charge in [0.25, 0.3) is 0 Å². The summed E-state index contributed by atoms with van der Waals surface area (Å²) in [7, 11) is 0. The lowest BCUT2D eigenvalue weighted by Crippen LogP contribution is -2.15. The summed E-state index contributed by atoms with van der Waals surface area (Å²) in [5.41, 5.74) is 2.88. The lowest BCUT2D eigenvalue weighted by Gasteiger charge is -2.06. The van der Waals surface area contributed by atoms with Gasteiger partial charge in [-0.2, -0.15) is 5.26 Å². The van der Waals surface area contributed by atoms with Crippen molar-refractivity contribution >= 4 is 51.3 Å². The first-order valence-corrected chi connectivity index (χ1v) is 11.1.